The van der Waals surface area contributed by atoms with Crippen LogP contribution in [-0.2, 0) is 18.4 Å². The van der Waals surface area contributed by atoms with Crippen LogP contribution >= 0.6 is 11.8 Å². The predicted octanol–water partition coefficient (Wildman–Crippen LogP) is 3.35. The molecule has 0 aliphatic rings. The zero-order valence-corrected chi connectivity index (χ0v) is 18.0. The number of para-hydroxylation sites is 1. The molecule has 4 rings (SSSR count). The summed E-state index contributed by atoms with van der Waals surface area (Å²) in [5.41, 5.74) is 3.60. The lowest BCUT2D eigenvalue weighted by Gasteiger charge is -2.10. The molecule has 0 fully saturated rings. The highest BCUT2D eigenvalue weighted by molar-refractivity contribution is 7.99. The highest BCUT2D eigenvalue weighted by atomic mass is 32.2. The fourth-order valence-electron chi connectivity index (χ4n) is 3.31. The van der Waals surface area contributed by atoms with Gasteiger partial charge in [-0.2, -0.15) is 0 Å². The number of methoxy groups -OCH3 is 1. The number of amides is 1. The molecule has 0 unspecified atom stereocenters. The molecule has 0 spiro atoms. The average Bonchev–Trinajstić information content (AvgIpc) is 3.23. The van der Waals surface area contributed by atoms with E-state index in [0.717, 1.165) is 22.4 Å². The van der Waals surface area contributed by atoms with Gasteiger partial charge >= 0.3 is 0 Å². The average molecular weight is 435 g/mol. The Bertz CT molecular complexity index is 1280. The molecule has 0 bridgehead atoms. The third-order valence-electron chi connectivity index (χ3n) is 4.95. The first kappa shape index (κ1) is 20.7. The van der Waals surface area contributed by atoms with E-state index >= 15 is 0 Å². The maximum absolute atomic E-state index is 12.8. The molecule has 158 valence electrons. The van der Waals surface area contributed by atoms with Crippen LogP contribution in [0.15, 0.2) is 70.7 Å². The standard InChI is InChI=1S/C23H22N4O3S/c1-27-22(29)21-20(17(13-25-21)15-8-4-3-5-9-15)26-23(27)31-14-19(28)24-12-16-10-6-7-11-18(16)30-2/h3-11,13,25H,12,14H2,1-2H3,(H,24,28). The normalized spacial score (nSPS) is 10.9. The number of rotatable bonds is 7. The molecule has 2 aromatic heterocycles. The van der Waals surface area contributed by atoms with Crippen molar-refractivity contribution in [3.05, 3.63) is 76.7 Å². The first-order chi connectivity index (χ1) is 15.1. The zero-order valence-electron chi connectivity index (χ0n) is 17.2. The molecule has 2 aromatic carbocycles. The number of nitrogens with one attached hydrogen (secondary N) is 2. The molecule has 0 radical (unpaired) electrons. The lowest BCUT2D eigenvalue weighted by molar-refractivity contribution is -0.118. The SMILES string of the molecule is COc1ccccc1CNC(=O)CSc1nc2c(-c3ccccc3)c[nH]c2c(=O)n1C. The quantitative estimate of drug-likeness (QED) is 0.344. The topological polar surface area (TPSA) is 89.0 Å². The highest BCUT2D eigenvalue weighted by Crippen LogP contribution is 2.27. The number of carbonyl (C=O) groups is 1. The van der Waals surface area contributed by atoms with Gasteiger partial charge in [-0.25, -0.2) is 4.98 Å². The second-order valence-electron chi connectivity index (χ2n) is 6.93. The number of nitrogens with zero attached hydrogens (tertiary/aromatic N) is 2. The van der Waals surface area contributed by atoms with E-state index in [0.29, 0.717) is 22.7 Å². The van der Waals surface area contributed by atoms with Crippen LogP contribution in [0.5, 0.6) is 5.75 Å². The van der Waals surface area contributed by atoms with Gasteiger partial charge in [-0.1, -0.05) is 60.3 Å². The molecule has 4 aromatic rings. The summed E-state index contributed by atoms with van der Waals surface area (Å²) in [6, 6.07) is 17.3. The summed E-state index contributed by atoms with van der Waals surface area (Å²) in [5, 5.41) is 3.37. The third-order valence-corrected chi connectivity index (χ3v) is 5.98. The van der Waals surface area contributed by atoms with E-state index in [1.807, 2.05) is 54.6 Å². The van der Waals surface area contributed by atoms with Crippen molar-refractivity contribution in [3.8, 4) is 16.9 Å². The number of benzene rings is 2. The Kier molecular flexibility index (Phi) is 6.08. The van der Waals surface area contributed by atoms with E-state index in [9.17, 15) is 9.59 Å². The van der Waals surface area contributed by atoms with Gasteiger partial charge in [0.25, 0.3) is 5.56 Å². The molecule has 2 N–H and O–H groups in total. The van der Waals surface area contributed by atoms with Crippen LogP contribution in [-0.4, -0.2) is 33.3 Å². The van der Waals surface area contributed by atoms with Crippen LogP contribution in [0.1, 0.15) is 5.56 Å². The van der Waals surface area contributed by atoms with Gasteiger partial charge in [0, 0.05) is 30.9 Å². The second kappa shape index (κ2) is 9.09. The van der Waals surface area contributed by atoms with Crippen molar-refractivity contribution < 1.29 is 9.53 Å². The van der Waals surface area contributed by atoms with Gasteiger partial charge in [0.15, 0.2) is 5.16 Å². The Labute approximate surface area is 183 Å². The smallest absolute Gasteiger partial charge is 0.278 e. The van der Waals surface area contributed by atoms with Crippen molar-refractivity contribution >= 4 is 28.7 Å². The van der Waals surface area contributed by atoms with Gasteiger partial charge < -0.3 is 15.0 Å². The van der Waals surface area contributed by atoms with Crippen LogP contribution in [0.25, 0.3) is 22.2 Å². The Hall–Kier alpha value is -3.52. The number of thioether (sulfide) groups is 1. The van der Waals surface area contributed by atoms with Crippen molar-refractivity contribution in [2.75, 3.05) is 12.9 Å². The lowest BCUT2D eigenvalue weighted by Crippen LogP contribution is -2.26. The van der Waals surface area contributed by atoms with Gasteiger partial charge in [0.1, 0.15) is 16.8 Å². The van der Waals surface area contributed by atoms with E-state index in [4.69, 9.17) is 4.74 Å². The monoisotopic (exact) mass is 434 g/mol. The van der Waals surface area contributed by atoms with Crippen LogP contribution in [0.3, 0.4) is 0 Å². The summed E-state index contributed by atoms with van der Waals surface area (Å²) in [4.78, 5) is 32.9. The van der Waals surface area contributed by atoms with Gasteiger partial charge in [0.05, 0.1) is 12.9 Å². The van der Waals surface area contributed by atoms with Crippen LogP contribution in [0, 0.1) is 0 Å². The Balaban J connectivity index is 1.51. The lowest BCUT2D eigenvalue weighted by atomic mass is 10.1. The maximum atomic E-state index is 12.8. The van der Waals surface area contributed by atoms with E-state index in [2.05, 4.69) is 15.3 Å². The van der Waals surface area contributed by atoms with Crippen molar-refractivity contribution in [3.63, 3.8) is 0 Å². The molecule has 0 saturated carbocycles. The fraction of sp³-hybridized carbons (Fsp3) is 0.174. The predicted molar refractivity (Wildman–Crippen MR) is 122 cm³/mol. The van der Waals surface area contributed by atoms with Crippen molar-refractivity contribution in [2.45, 2.75) is 11.7 Å². The first-order valence-electron chi connectivity index (χ1n) is 9.73. The van der Waals surface area contributed by atoms with Crippen molar-refractivity contribution in [1.82, 2.24) is 19.9 Å². The van der Waals surface area contributed by atoms with Crippen molar-refractivity contribution in [1.29, 1.82) is 0 Å². The summed E-state index contributed by atoms with van der Waals surface area (Å²) < 4.78 is 6.77. The Morgan fingerprint density at radius 2 is 1.90 bits per heavy atom. The zero-order chi connectivity index (χ0) is 21.8. The van der Waals surface area contributed by atoms with E-state index < -0.39 is 0 Å². The van der Waals surface area contributed by atoms with Crippen LogP contribution in [0.2, 0.25) is 0 Å². The molecule has 1 amide bonds. The summed E-state index contributed by atoms with van der Waals surface area (Å²) >= 11 is 1.23. The van der Waals surface area contributed by atoms with E-state index in [1.165, 1.54) is 16.3 Å². The summed E-state index contributed by atoms with van der Waals surface area (Å²) in [6.07, 6.45) is 1.79. The minimum atomic E-state index is -0.177. The third kappa shape index (κ3) is 4.34. The van der Waals surface area contributed by atoms with Gasteiger partial charge in [-0.05, 0) is 11.6 Å². The molecule has 0 aliphatic heterocycles. The van der Waals surface area contributed by atoms with Gasteiger partial charge in [-0.15, -0.1) is 0 Å². The number of ether oxygens (including phenoxy) is 1. The summed E-state index contributed by atoms with van der Waals surface area (Å²) in [5.74, 6) is 0.722. The molecule has 0 atom stereocenters. The molecule has 31 heavy (non-hydrogen) atoms. The number of hydrogen-bond donors (Lipinski definition) is 2. The molecule has 8 heteroatoms. The molecular weight excluding hydrogens is 412 g/mol. The number of aromatic amines is 1. The number of H-pyrrole nitrogens is 1. The van der Waals surface area contributed by atoms with Gasteiger partial charge in [0.2, 0.25) is 5.91 Å². The van der Waals surface area contributed by atoms with E-state index in [1.54, 1.807) is 20.4 Å². The molecule has 0 aliphatic carbocycles. The van der Waals surface area contributed by atoms with Crippen molar-refractivity contribution in [2.24, 2.45) is 7.05 Å². The largest absolute Gasteiger partial charge is 0.496 e. The number of hydrogen-bond acceptors (Lipinski definition) is 5. The summed E-state index contributed by atoms with van der Waals surface area (Å²) in [7, 11) is 3.26. The number of aromatic nitrogens is 3. The number of fused-ring (bicyclic) bond motifs is 1. The fourth-order valence-corrected chi connectivity index (χ4v) is 4.11. The molecule has 7 nitrogen and oxygen atoms in total. The molecular formula is C23H22N4O3S. The first-order valence-corrected chi connectivity index (χ1v) is 10.7. The second-order valence-corrected chi connectivity index (χ2v) is 7.87. The van der Waals surface area contributed by atoms with Crippen LogP contribution in [0.4, 0.5) is 0 Å². The van der Waals surface area contributed by atoms with E-state index in [-0.39, 0.29) is 17.2 Å². The Morgan fingerprint density at radius 1 is 1.16 bits per heavy atom. The minimum Gasteiger partial charge on any atom is -0.496 e. The molecule has 0 saturated heterocycles. The van der Waals surface area contributed by atoms with Crippen LogP contribution < -0.4 is 15.6 Å². The summed E-state index contributed by atoms with van der Waals surface area (Å²) in [6.45, 7) is 0.366. The highest BCUT2D eigenvalue weighted by Gasteiger charge is 2.16. The maximum Gasteiger partial charge on any atom is 0.278 e. The van der Waals surface area contributed by atoms with Gasteiger partial charge in [-0.3, -0.25) is 14.2 Å². The molecule has 2 heterocycles. The Morgan fingerprint density at radius 3 is 2.68 bits per heavy atom. The minimum absolute atomic E-state index is 0.145. The number of carbonyl (C=O) groups excluding carboxylic acids is 1.